The van der Waals surface area contributed by atoms with Crippen molar-refractivity contribution in [3.05, 3.63) is 23.2 Å². The molecule has 0 aromatic heterocycles. The highest BCUT2D eigenvalue weighted by molar-refractivity contribution is 7.78. The molecule has 1 aromatic carbocycles. The minimum absolute atomic E-state index is 0.663. The third kappa shape index (κ3) is 2.52. The molecule has 0 heterocycles. The number of hydrogen-bond donors (Lipinski definition) is 0. The van der Waals surface area contributed by atoms with Crippen molar-refractivity contribution >= 4 is 40.4 Å². The molecule has 0 amide bonds. The predicted molar refractivity (Wildman–Crippen MR) is 60.5 cm³/mol. The van der Waals surface area contributed by atoms with Crippen LogP contribution in [-0.4, -0.2) is 19.3 Å². The summed E-state index contributed by atoms with van der Waals surface area (Å²) >= 11 is 10.5. The zero-order chi connectivity index (χ0) is 9.84. The van der Waals surface area contributed by atoms with Crippen LogP contribution in [0.4, 0.5) is 11.4 Å². The molecule has 0 aliphatic heterocycles. The van der Waals surface area contributed by atoms with E-state index in [1.54, 1.807) is 6.07 Å². The smallest absolute Gasteiger partial charge is 0.0755 e. The van der Waals surface area contributed by atoms with Gasteiger partial charge in [-0.25, -0.2) is 0 Å². The molecule has 13 heavy (non-hydrogen) atoms. The lowest BCUT2D eigenvalue weighted by Crippen LogP contribution is -2.08. The van der Waals surface area contributed by atoms with E-state index < -0.39 is 0 Å². The molecule has 1 rings (SSSR count). The van der Waals surface area contributed by atoms with Gasteiger partial charge < -0.3 is 4.90 Å². The van der Waals surface area contributed by atoms with E-state index in [9.17, 15) is 0 Å². The van der Waals surface area contributed by atoms with Gasteiger partial charge in [0.2, 0.25) is 0 Å². The number of aliphatic imine (C=N–C) groups is 1. The second kappa shape index (κ2) is 4.38. The summed E-state index contributed by atoms with van der Waals surface area (Å²) in [5, 5.41) is 2.96. The van der Waals surface area contributed by atoms with Crippen molar-refractivity contribution in [1.82, 2.24) is 0 Å². The van der Waals surface area contributed by atoms with Gasteiger partial charge in [-0.15, -0.1) is 0 Å². The Morgan fingerprint density at radius 2 is 2.15 bits per heavy atom. The van der Waals surface area contributed by atoms with Crippen molar-refractivity contribution in [3.8, 4) is 0 Å². The third-order valence-corrected chi connectivity index (χ3v) is 1.98. The summed E-state index contributed by atoms with van der Waals surface area (Å²) in [4.78, 5) is 5.77. The Morgan fingerprint density at radius 3 is 2.62 bits per heavy atom. The lowest BCUT2D eigenvalue weighted by Gasteiger charge is -2.13. The number of benzene rings is 1. The van der Waals surface area contributed by atoms with Gasteiger partial charge in [0.25, 0.3) is 0 Å². The maximum atomic E-state index is 6.00. The van der Waals surface area contributed by atoms with Gasteiger partial charge in [-0.1, -0.05) is 11.6 Å². The molecule has 0 aliphatic carbocycles. The van der Waals surface area contributed by atoms with Crippen molar-refractivity contribution in [2.45, 2.75) is 0 Å². The molecule has 0 saturated heterocycles. The van der Waals surface area contributed by atoms with E-state index in [1.807, 2.05) is 31.1 Å². The molecule has 0 atom stereocenters. The Morgan fingerprint density at radius 1 is 1.46 bits per heavy atom. The van der Waals surface area contributed by atoms with Gasteiger partial charge in [0.1, 0.15) is 0 Å². The summed E-state index contributed by atoms with van der Waals surface area (Å²) in [7, 11) is 3.87. The van der Waals surface area contributed by atoms with Crippen LogP contribution >= 0.6 is 23.8 Å². The van der Waals surface area contributed by atoms with Crippen LogP contribution in [0.3, 0.4) is 0 Å². The Bertz CT molecular complexity index is 357. The standard InChI is InChI=1S/C9H9ClN2S/c1-12(2)9-4-3-7(11-6-13)5-8(9)10/h3-5H,1-2H3. The van der Waals surface area contributed by atoms with Gasteiger partial charge in [0.05, 0.1) is 21.6 Å². The quantitative estimate of drug-likeness (QED) is 0.553. The number of rotatable bonds is 2. The highest BCUT2D eigenvalue weighted by Gasteiger charge is 2.02. The summed E-state index contributed by atoms with van der Waals surface area (Å²) < 4.78 is 0. The number of halogens is 1. The first-order valence-electron chi connectivity index (χ1n) is 3.70. The number of isothiocyanates is 1. The average molecular weight is 213 g/mol. The van der Waals surface area contributed by atoms with E-state index in [0.717, 1.165) is 11.4 Å². The second-order valence-corrected chi connectivity index (χ2v) is 3.32. The molecule has 0 spiro atoms. The summed E-state index contributed by atoms with van der Waals surface area (Å²) in [6, 6.07) is 5.50. The van der Waals surface area contributed by atoms with Crippen molar-refractivity contribution in [3.63, 3.8) is 0 Å². The van der Waals surface area contributed by atoms with Crippen LogP contribution in [0.25, 0.3) is 0 Å². The molecule has 4 heteroatoms. The van der Waals surface area contributed by atoms with Crippen LogP contribution in [0.5, 0.6) is 0 Å². The average Bonchev–Trinajstić information content (AvgIpc) is 2.04. The minimum Gasteiger partial charge on any atom is -0.376 e. The van der Waals surface area contributed by atoms with E-state index in [0.29, 0.717) is 5.02 Å². The van der Waals surface area contributed by atoms with Crippen molar-refractivity contribution in [2.75, 3.05) is 19.0 Å². The zero-order valence-electron chi connectivity index (χ0n) is 7.41. The summed E-state index contributed by atoms with van der Waals surface area (Å²) in [5.74, 6) is 0. The van der Waals surface area contributed by atoms with Crippen LogP contribution in [0.15, 0.2) is 23.2 Å². The summed E-state index contributed by atoms with van der Waals surface area (Å²) in [6.45, 7) is 0. The second-order valence-electron chi connectivity index (χ2n) is 2.73. The maximum absolute atomic E-state index is 6.00. The van der Waals surface area contributed by atoms with Crippen LogP contribution in [0.2, 0.25) is 5.02 Å². The molecule has 2 nitrogen and oxygen atoms in total. The van der Waals surface area contributed by atoms with E-state index in [4.69, 9.17) is 11.6 Å². The molecule has 0 fully saturated rings. The largest absolute Gasteiger partial charge is 0.376 e. The molecule has 1 aromatic rings. The van der Waals surface area contributed by atoms with Gasteiger partial charge in [-0.05, 0) is 30.4 Å². The van der Waals surface area contributed by atoms with Crippen molar-refractivity contribution in [2.24, 2.45) is 4.99 Å². The maximum Gasteiger partial charge on any atom is 0.0755 e. The number of thiocarbonyl (C=S) groups is 1. The molecule has 0 bridgehead atoms. The van der Waals surface area contributed by atoms with Gasteiger partial charge in [0.15, 0.2) is 0 Å². The summed E-state index contributed by atoms with van der Waals surface area (Å²) in [5.41, 5.74) is 1.69. The first-order valence-corrected chi connectivity index (χ1v) is 4.48. The van der Waals surface area contributed by atoms with Crippen LogP contribution in [0.1, 0.15) is 0 Å². The van der Waals surface area contributed by atoms with Gasteiger partial charge >= 0.3 is 0 Å². The third-order valence-electron chi connectivity index (χ3n) is 1.59. The molecule has 0 unspecified atom stereocenters. The number of anilines is 1. The minimum atomic E-state index is 0.663. The van der Waals surface area contributed by atoms with E-state index >= 15 is 0 Å². The molecule has 0 N–H and O–H groups in total. The summed E-state index contributed by atoms with van der Waals surface area (Å²) in [6.07, 6.45) is 0. The number of nitrogens with zero attached hydrogens (tertiary/aromatic N) is 2. The van der Waals surface area contributed by atoms with Crippen LogP contribution < -0.4 is 4.90 Å². The van der Waals surface area contributed by atoms with Crippen LogP contribution in [0, 0.1) is 0 Å². The highest BCUT2D eigenvalue weighted by Crippen LogP contribution is 2.28. The predicted octanol–water partition coefficient (Wildman–Crippen LogP) is 3.14. The van der Waals surface area contributed by atoms with E-state index in [-0.39, 0.29) is 0 Å². The monoisotopic (exact) mass is 212 g/mol. The fourth-order valence-electron chi connectivity index (χ4n) is 0.981. The Kier molecular flexibility index (Phi) is 3.43. The Labute approximate surface area is 87.8 Å². The first-order chi connectivity index (χ1) is 6.15. The topological polar surface area (TPSA) is 15.6 Å². The molecule has 0 saturated carbocycles. The Hall–Kier alpha value is -0.890. The molecule has 0 radical (unpaired) electrons. The van der Waals surface area contributed by atoms with Gasteiger partial charge in [0, 0.05) is 14.1 Å². The van der Waals surface area contributed by atoms with Crippen LogP contribution in [-0.2, 0) is 0 Å². The highest BCUT2D eigenvalue weighted by atomic mass is 35.5. The zero-order valence-corrected chi connectivity index (χ0v) is 8.99. The first kappa shape index (κ1) is 10.2. The van der Waals surface area contributed by atoms with Gasteiger partial charge in [-0.2, -0.15) is 4.99 Å². The molecule has 68 valence electrons. The fraction of sp³-hybridized carbons (Fsp3) is 0.222. The SMILES string of the molecule is CN(C)c1ccc(N=C=S)cc1Cl. The fourth-order valence-corrected chi connectivity index (χ4v) is 1.43. The normalized spacial score (nSPS) is 9.15. The van der Waals surface area contributed by atoms with E-state index in [2.05, 4.69) is 22.4 Å². The van der Waals surface area contributed by atoms with Gasteiger partial charge in [-0.3, -0.25) is 0 Å². The molecule has 0 aliphatic rings. The number of hydrogen-bond acceptors (Lipinski definition) is 3. The lowest BCUT2D eigenvalue weighted by atomic mass is 10.2. The van der Waals surface area contributed by atoms with Crippen molar-refractivity contribution in [1.29, 1.82) is 0 Å². The van der Waals surface area contributed by atoms with Crippen molar-refractivity contribution < 1.29 is 0 Å². The Balaban J connectivity index is 3.12. The molecular formula is C9H9ClN2S. The van der Waals surface area contributed by atoms with E-state index in [1.165, 1.54) is 0 Å². The molecular weight excluding hydrogens is 204 g/mol. The lowest BCUT2D eigenvalue weighted by molar-refractivity contribution is 1.13.